The van der Waals surface area contributed by atoms with Crippen molar-refractivity contribution < 1.29 is 4.79 Å². The van der Waals surface area contributed by atoms with Crippen molar-refractivity contribution in [2.24, 2.45) is 23.7 Å². The van der Waals surface area contributed by atoms with Gasteiger partial charge in [0.1, 0.15) is 0 Å². The van der Waals surface area contributed by atoms with Gasteiger partial charge in [-0.1, -0.05) is 20.3 Å². The summed E-state index contributed by atoms with van der Waals surface area (Å²) in [5.41, 5.74) is 0. The first-order valence-corrected chi connectivity index (χ1v) is 6.38. The monoisotopic (exact) mass is 209 g/mol. The van der Waals surface area contributed by atoms with E-state index in [0.29, 0.717) is 29.7 Å². The van der Waals surface area contributed by atoms with E-state index >= 15 is 0 Å². The second kappa shape index (κ2) is 4.15. The first-order chi connectivity index (χ1) is 7.08. The second-order valence-corrected chi connectivity index (χ2v) is 5.82. The molecule has 2 aliphatic carbocycles. The number of nitrogens with one attached hydrogen (secondary N) is 1. The standard InChI is InChI=1S/C13H23NO/c1-8(2)9(3)14-13(15)12-7-10-4-5-11(12)6-10/h8-12H,4-7H2,1-3H3,(H,14,15). The van der Waals surface area contributed by atoms with E-state index in [-0.39, 0.29) is 0 Å². The SMILES string of the molecule is CC(C)C(C)NC(=O)C1CC2CCC1C2. The molecule has 2 aliphatic rings. The molecular formula is C13H23NO. The van der Waals surface area contributed by atoms with Crippen LogP contribution in [0.4, 0.5) is 0 Å². The van der Waals surface area contributed by atoms with Crippen LogP contribution in [0.2, 0.25) is 0 Å². The number of hydrogen-bond acceptors (Lipinski definition) is 1. The van der Waals surface area contributed by atoms with Crippen LogP contribution in [0.15, 0.2) is 0 Å². The maximum Gasteiger partial charge on any atom is 0.223 e. The molecule has 0 aromatic heterocycles. The summed E-state index contributed by atoms with van der Waals surface area (Å²) in [6.07, 6.45) is 5.13. The Hall–Kier alpha value is -0.530. The highest BCUT2D eigenvalue weighted by molar-refractivity contribution is 5.79. The van der Waals surface area contributed by atoms with Gasteiger partial charge in [0.05, 0.1) is 0 Å². The fraction of sp³-hybridized carbons (Fsp3) is 0.923. The molecule has 4 unspecified atom stereocenters. The lowest BCUT2D eigenvalue weighted by atomic mass is 9.88. The van der Waals surface area contributed by atoms with Gasteiger partial charge in [0.15, 0.2) is 0 Å². The normalized spacial score (nSPS) is 35.9. The molecule has 1 amide bonds. The molecule has 2 nitrogen and oxygen atoms in total. The zero-order valence-electron chi connectivity index (χ0n) is 10.1. The third kappa shape index (κ3) is 2.19. The summed E-state index contributed by atoms with van der Waals surface area (Å²) in [7, 11) is 0. The van der Waals surface area contributed by atoms with E-state index in [1.165, 1.54) is 19.3 Å². The Bertz CT molecular complexity index is 249. The van der Waals surface area contributed by atoms with E-state index in [9.17, 15) is 4.79 Å². The Balaban J connectivity index is 1.86. The topological polar surface area (TPSA) is 29.1 Å². The average Bonchev–Trinajstić information content (AvgIpc) is 2.78. The minimum absolute atomic E-state index is 0.316. The quantitative estimate of drug-likeness (QED) is 0.760. The molecule has 2 rings (SSSR count). The predicted molar refractivity (Wildman–Crippen MR) is 61.4 cm³/mol. The van der Waals surface area contributed by atoms with Gasteiger partial charge in [-0.25, -0.2) is 0 Å². The Kier molecular flexibility index (Phi) is 3.03. The highest BCUT2D eigenvalue weighted by Gasteiger charge is 2.43. The molecular weight excluding hydrogens is 186 g/mol. The van der Waals surface area contributed by atoms with Gasteiger partial charge in [0, 0.05) is 12.0 Å². The third-order valence-corrected chi connectivity index (χ3v) is 4.44. The summed E-state index contributed by atoms with van der Waals surface area (Å²) in [5, 5.41) is 3.17. The molecule has 1 N–H and O–H groups in total. The zero-order valence-corrected chi connectivity index (χ0v) is 10.1. The number of amides is 1. The van der Waals surface area contributed by atoms with E-state index in [2.05, 4.69) is 26.1 Å². The van der Waals surface area contributed by atoms with Crippen molar-refractivity contribution in [2.75, 3.05) is 0 Å². The van der Waals surface area contributed by atoms with E-state index in [1.807, 2.05) is 0 Å². The predicted octanol–water partition coefficient (Wildman–Crippen LogP) is 2.58. The molecule has 0 saturated heterocycles. The van der Waals surface area contributed by atoms with Crippen LogP contribution in [0.1, 0.15) is 46.5 Å². The molecule has 0 heterocycles. The first kappa shape index (κ1) is 11.0. The molecule has 0 radical (unpaired) electrons. The number of fused-ring (bicyclic) bond motifs is 2. The minimum atomic E-state index is 0.316. The molecule has 0 aromatic carbocycles. The maximum absolute atomic E-state index is 12.0. The molecule has 2 saturated carbocycles. The number of carbonyl (C=O) groups is 1. The molecule has 0 aliphatic heterocycles. The number of carbonyl (C=O) groups excluding carboxylic acids is 1. The highest BCUT2D eigenvalue weighted by atomic mass is 16.2. The lowest BCUT2D eigenvalue weighted by Crippen LogP contribution is -2.41. The molecule has 0 aromatic rings. The summed E-state index contributed by atoms with van der Waals surface area (Å²) >= 11 is 0. The van der Waals surface area contributed by atoms with Gasteiger partial charge in [-0.15, -0.1) is 0 Å². The van der Waals surface area contributed by atoms with Crippen LogP contribution in [0.5, 0.6) is 0 Å². The van der Waals surface area contributed by atoms with E-state index < -0.39 is 0 Å². The third-order valence-electron chi connectivity index (χ3n) is 4.44. The summed E-state index contributed by atoms with van der Waals surface area (Å²) in [6, 6.07) is 0.316. The van der Waals surface area contributed by atoms with Crippen LogP contribution < -0.4 is 5.32 Å². The minimum Gasteiger partial charge on any atom is -0.353 e. The van der Waals surface area contributed by atoms with Crippen molar-refractivity contribution in [1.82, 2.24) is 5.32 Å². The lowest BCUT2D eigenvalue weighted by molar-refractivity contribution is -0.127. The van der Waals surface area contributed by atoms with Gasteiger partial charge in [0.2, 0.25) is 5.91 Å². The first-order valence-electron chi connectivity index (χ1n) is 6.38. The van der Waals surface area contributed by atoms with Crippen molar-refractivity contribution >= 4 is 5.91 Å². The summed E-state index contributed by atoms with van der Waals surface area (Å²) in [4.78, 5) is 12.0. The Labute approximate surface area is 92.8 Å². The van der Waals surface area contributed by atoms with Crippen LogP contribution in [-0.4, -0.2) is 11.9 Å². The Morgan fingerprint density at radius 1 is 1.20 bits per heavy atom. The summed E-state index contributed by atoms with van der Waals surface area (Å²) < 4.78 is 0. The molecule has 0 spiro atoms. The van der Waals surface area contributed by atoms with Crippen molar-refractivity contribution in [3.63, 3.8) is 0 Å². The van der Waals surface area contributed by atoms with Crippen LogP contribution in [0.25, 0.3) is 0 Å². The molecule has 15 heavy (non-hydrogen) atoms. The van der Waals surface area contributed by atoms with Crippen LogP contribution >= 0.6 is 0 Å². The Morgan fingerprint density at radius 3 is 2.40 bits per heavy atom. The summed E-state index contributed by atoms with van der Waals surface area (Å²) in [5.74, 6) is 2.76. The van der Waals surface area contributed by atoms with Crippen LogP contribution in [0.3, 0.4) is 0 Å². The van der Waals surface area contributed by atoms with Gasteiger partial charge in [-0.05, 0) is 43.9 Å². The van der Waals surface area contributed by atoms with E-state index in [1.54, 1.807) is 0 Å². The number of hydrogen-bond donors (Lipinski definition) is 1. The smallest absolute Gasteiger partial charge is 0.223 e. The van der Waals surface area contributed by atoms with Crippen molar-refractivity contribution in [1.29, 1.82) is 0 Å². The van der Waals surface area contributed by atoms with Gasteiger partial charge >= 0.3 is 0 Å². The molecule has 2 heteroatoms. The van der Waals surface area contributed by atoms with Crippen molar-refractivity contribution in [3.8, 4) is 0 Å². The molecule has 4 atom stereocenters. The number of rotatable bonds is 3. The zero-order chi connectivity index (χ0) is 11.0. The molecule has 86 valence electrons. The van der Waals surface area contributed by atoms with Crippen LogP contribution in [-0.2, 0) is 4.79 Å². The van der Waals surface area contributed by atoms with Gasteiger partial charge in [-0.3, -0.25) is 4.79 Å². The van der Waals surface area contributed by atoms with E-state index in [4.69, 9.17) is 0 Å². The van der Waals surface area contributed by atoms with Crippen molar-refractivity contribution in [2.45, 2.75) is 52.5 Å². The maximum atomic E-state index is 12.0. The van der Waals surface area contributed by atoms with Gasteiger partial charge < -0.3 is 5.32 Å². The fourth-order valence-electron chi connectivity index (χ4n) is 3.06. The second-order valence-electron chi connectivity index (χ2n) is 5.82. The van der Waals surface area contributed by atoms with Gasteiger partial charge in [0.25, 0.3) is 0 Å². The van der Waals surface area contributed by atoms with Crippen molar-refractivity contribution in [3.05, 3.63) is 0 Å². The average molecular weight is 209 g/mol. The van der Waals surface area contributed by atoms with Crippen LogP contribution in [0, 0.1) is 23.7 Å². The molecule has 2 bridgehead atoms. The largest absolute Gasteiger partial charge is 0.353 e. The fourth-order valence-corrected chi connectivity index (χ4v) is 3.06. The molecule has 2 fully saturated rings. The van der Waals surface area contributed by atoms with Gasteiger partial charge in [-0.2, -0.15) is 0 Å². The van der Waals surface area contributed by atoms with E-state index in [0.717, 1.165) is 12.3 Å². The summed E-state index contributed by atoms with van der Waals surface area (Å²) in [6.45, 7) is 6.42. The Morgan fingerprint density at radius 2 is 1.93 bits per heavy atom. The lowest BCUT2D eigenvalue weighted by Gasteiger charge is -2.24. The highest BCUT2D eigenvalue weighted by Crippen LogP contribution is 2.48.